The number of imidazole rings is 1. The molecule has 0 bridgehead atoms. The maximum Gasteiger partial charge on any atom is 0.231 e. The summed E-state index contributed by atoms with van der Waals surface area (Å²) in [6.45, 7) is 5.10. The fourth-order valence-corrected chi connectivity index (χ4v) is 3.19. The lowest BCUT2D eigenvalue weighted by Crippen LogP contribution is -2.28. The largest absolute Gasteiger partial charge is 0.454 e. The lowest BCUT2D eigenvalue weighted by atomic mass is 10.1. The normalized spacial score (nSPS) is 13.8. The number of aryl methyl sites for hydroxylation is 1. The second-order valence-electron chi connectivity index (χ2n) is 5.19. The highest BCUT2D eigenvalue weighted by Gasteiger charge is 2.17. The van der Waals surface area contributed by atoms with E-state index in [1.807, 2.05) is 42.8 Å². The van der Waals surface area contributed by atoms with E-state index in [9.17, 15) is 4.79 Å². The van der Waals surface area contributed by atoms with Crippen LogP contribution in [0.5, 0.6) is 11.5 Å². The summed E-state index contributed by atoms with van der Waals surface area (Å²) in [4.78, 5) is 16.4. The molecular formula is C16H19N3O3S. The topological polar surface area (TPSA) is 65.4 Å². The first-order valence-corrected chi connectivity index (χ1v) is 8.48. The van der Waals surface area contributed by atoms with E-state index in [0.29, 0.717) is 5.75 Å². The fraction of sp³-hybridized carbons (Fsp3) is 0.375. The molecule has 0 radical (unpaired) electrons. The van der Waals surface area contributed by atoms with E-state index in [0.717, 1.165) is 28.8 Å². The molecule has 1 aliphatic rings. The third-order valence-corrected chi connectivity index (χ3v) is 4.63. The molecule has 2 heterocycles. The van der Waals surface area contributed by atoms with Gasteiger partial charge in [-0.25, -0.2) is 4.98 Å². The maximum atomic E-state index is 12.1. The van der Waals surface area contributed by atoms with Gasteiger partial charge in [0.25, 0.3) is 0 Å². The third-order valence-electron chi connectivity index (χ3n) is 3.62. The van der Waals surface area contributed by atoms with Gasteiger partial charge in [-0.2, -0.15) is 0 Å². The Bertz CT molecular complexity index is 702. The minimum Gasteiger partial charge on any atom is -0.454 e. The summed E-state index contributed by atoms with van der Waals surface area (Å²) in [6, 6.07) is 5.62. The number of rotatable bonds is 6. The zero-order chi connectivity index (χ0) is 16.2. The summed E-state index contributed by atoms with van der Waals surface area (Å²) >= 11 is 1.44. The molecule has 7 heteroatoms. The summed E-state index contributed by atoms with van der Waals surface area (Å²) in [5, 5.41) is 3.85. The molecule has 0 saturated carbocycles. The number of hydrogen-bond acceptors (Lipinski definition) is 5. The van der Waals surface area contributed by atoms with Gasteiger partial charge in [0.1, 0.15) is 0 Å². The lowest BCUT2D eigenvalue weighted by molar-refractivity contribution is -0.119. The van der Waals surface area contributed by atoms with Crippen LogP contribution in [0.2, 0.25) is 0 Å². The lowest BCUT2D eigenvalue weighted by Gasteiger charge is -2.14. The van der Waals surface area contributed by atoms with Gasteiger partial charge < -0.3 is 19.4 Å². The third kappa shape index (κ3) is 3.61. The van der Waals surface area contributed by atoms with Crippen molar-refractivity contribution in [3.05, 3.63) is 36.2 Å². The van der Waals surface area contributed by atoms with Crippen LogP contribution in [-0.4, -0.2) is 28.0 Å². The number of carbonyl (C=O) groups is 1. The summed E-state index contributed by atoms with van der Waals surface area (Å²) in [5.41, 5.74) is 0.989. The number of hydrogen-bond donors (Lipinski definition) is 1. The van der Waals surface area contributed by atoms with Crippen LogP contribution in [0.4, 0.5) is 0 Å². The highest BCUT2D eigenvalue weighted by molar-refractivity contribution is 7.99. The van der Waals surface area contributed by atoms with Crippen LogP contribution >= 0.6 is 11.8 Å². The monoisotopic (exact) mass is 333 g/mol. The number of benzene rings is 1. The SMILES string of the molecule is CCn1ccnc1SCC(=O)NC(C)c1ccc2c(c1)OCO2. The van der Waals surface area contributed by atoms with Crippen LogP contribution < -0.4 is 14.8 Å². The Balaban J connectivity index is 1.55. The van der Waals surface area contributed by atoms with E-state index < -0.39 is 0 Å². The Labute approximate surface area is 139 Å². The molecule has 0 saturated heterocycles. The van der Waals surface area contributed by atoms with Crippen LogP contribution in [0, 0.1) is 0 Å². The Kier molecular flexibility index (Phi) is 4.76. The molecule has 0 spiro atoms. The van der Waals surface area contributed by atoms with E-state index in [2.05, 4.69) is 10.3 Å². The molecule has 1 aromatic carbocycles. The summed E-state index contributed by atoms with van der Waals surface area (Å²) < 4.78 is 12.7. The van der Waals surface area contributed by atoms with Crippen LogP contribution in [0.3, 0.4) is 0 Å². The van der Waals surface area contributed by atoms with Gasteiger partial charge in [-0.3, -0.25) is 4.79 Å². The van der Waals surface area contributed by atoms with Gasteiger partial charge in [0.15, 0.2) is 16.7 Å². The number of nitrogens with one attached hydrogen (secondary N) is 1. The fourth-order valence-electron chi connectivity index (χ4n) is 2.36. The van der Waals surface area contributed by atoms with Crippen molar-refractivity contribution in [1.29, 1.82) is 0 Å². The molecule has 1 aliphatic heterocycles. The maximum absolute atomic E-state index is 12.1. The number of amides is 1. The first-order chi connectivity index (χ1) is 11.2. The molecule has 1 N–H and O–H groups in total. The molecule has 1 amide bonds. The van der Waals surface area contributed by atoms with Crippen molar-refractivity contribution >= 4 is 17.7 Å². The Morgan fingerprint density at radius 2 is 2.26 bits per heavy atom. The number of carbonyl (C=O) groups excluding carboxylic acids is 1. The molecule has 3 rings (SSSR count). The Morgan fingerprint density at radius 1 is 1.43 bits per heavy atom. The second kappa shape index (κ2) is 6.95. The molecular weight excluding hydrogens is 314 g/mol. The number of thioether (sulfide) groups is 1. The van der Waals surface area contributed by atoms with Crippen molar-refractivity contribution in [2.75, 3.05) is 12.5 Å². The number of aromatic nitrogens is 2. The van der Waals surface area contributed by atoms with Gasteiger partial charge in [-0.15, -0.1) is 0 Å². The number of ether oxygens (including phenoxy) is 2. The second-order valence-corrected chi connectivity index (χ2v) is 6.13. The predicted octanol–water partition coefficient (Wildman–Crippen LogP) is 2.60. The van der Waals surface area contributed by atoms with Crippen LogP contribution in [0.25, 0.3) is 0 Å². The van der Waals surface area contributed by atoms with Crippen molar-refractivity contribution in [2.45, 2.75) is 31.6 Å². The Hall–Kier alpha value is -2.15. The Morgan fingerprint density at radius 3 is 3.09 bits per heavy atom. The van der Waals surface area contributed by atoms with Crippen molar-refractivity contribution < 1.29 is 14.3 Å². The van der Waals surface area contributed by atoms with Crippen LogP contribution in [0.1, 0.15) is 25.5 Å². The van der Waals surface area contributed by atoms with E-state index >= 15 is 0 Å². The molecule has 1 aromatic heterocycles. The van der Waals surface area contributed by atoms with Gasteiger partial charge >= 0.3 is 0 Å². The van der Waals surface area contributed by atoms with Gasteiger partial charge in [0.2, 0.25) is 12.7 Å². The van der Waals surface area contributed by atoms with Crippen molar-refractivity contribution in [3.8, 4) is 11.5 Å². The van der Waals surface area contributed by atoms with E-state index in [-0.39, 0.29) is 18.7 Å². The zero-order valence-corrected chi connectivity index (χ0v) is 13.9. The zero-order valence-electron chi connectivity index (χ0n) is 13.1. The minimum absolute atomic E-state index is 0.0224. The minimum atomic E-state index is -0.0940. The summed E-state index contributed by atoms with van der Waals surface area (Å²) in [7, 11) is 0. The smallest absolute Gasteiger partial charge is 0.231 e. The molecule has 2 aromatic rings. The van der Waals surface area contributed by atoms with Crippen molar-refractivity contribution in [3.63, 3.8) is 0 Å². The molecule has 1 unspecified atom stereocenters. The first-order valence-electron chi connectivity index (χ1n) is 7.50. The summed E-state index contributed by atoms with van der Waals surface area (Å²) in [5.74, 6) is 1.79. The number of nitrogens with zero attached hydrogens (tertiary/aromatic N) is 2. The van der Waals surface area contributed by atoms with Gasteiger partial charge in [-0.1, -0.05) is 17.8 Å². The van der Waals surface area contributed by atoms with Gasteiger partial charge in [0.05, 0.1) is 11.8 Å². The first kappa shape index (κ1) is 15.7. The van der Waals surface area contributed by atoms with Crippen LogP contribution in [0.15, 0.2) is 35.7 Å². The molecule has 23 heavy (non-hydrogen) atoms. The average molecular weight is 333 g/mol. The molecule has 122 valence electrons. The van der Waals surface area contributed by atoms with Crippen molar-refractivity contribution in [1.82, 2.24) is 14.9 Å². The van der Waals surface area contributed by atoms with E-state index in [4.69, 9.17) is 9.47 Å². The highest BCUT2D eigenvalue weighted by atomic mass is 32.2. The number of fused-ring (bicyclic) bond motifs is 1. The quantitative estimate of drug-likeness (QED) is 0.823. The van der Waals surface area contributed by atoms with Crippen LogP contribution in [-0.2, 0) is 11.3 Å². The molecule has 6 nitrogen and oxygen atoms in total. The summed E-state index contributed by atoms with van der Waals surface area (Å²) in [6.07, 6.45) is 3.66. The predicted molar refractivity (Wildman–Crippen MR) is 87.7 cm³/mol. The average Bonchev–Trinajstić information content (AvgIpc) is 3.20. The molecule has 1 atom stereocenters. The van der Waals surface area contributed by atoms with Gasteiger partial charge in [0, 0.05) is 18.9 Å². The molecule has 0 fully saturated rings. The standard InChI is InChI=1S/C16H19N3O3S/c1-3-19-7-6-17-16(19)23-9-15(20)18-11(2)12-4-5-13-14(8-12)22-10-21-13/h4-8,11H,3,9-10H2,1-2H3,(H,18,20). The van der Waals surface area contributed by atoms with Gasteiger partial charge in [-0.05, 0) is 31.5 Å². The molecule has 0 aliphatic carbocycles. The highest BCUT2D eigenvalue weighted by Crippen LogP contribution is 2.34. The van der Waals surface area contributed by atoms with Crippen molar-refractivity contribution in [2.24, 2.45) is 0 Å². The van der Waals surface area contributed by atoms with E-state index in [1.165, 1.54) is 11.8 Å². The van der Waals surface area contributed by atoms with E-state index in [1.54, 1.807) is 6.20 Å².